The number of unbranched alkanes of at least 4 members (excludes halogenated alkanes) is 51. The van der Waals surface area contributed by atoms with Crippen molar-refractivity contribution < 1.29 is 24.5 Å². The number of hydrogen-bond donors (Lipinski definition) is 3. The largest absolute Gasteiger partial charge is 0.466 e. The maximum absolute atomic E-state index is 12.5. The smallest absolute Gasteiger partial charge is 0.305 e. The minimum atomic E-state index is -0.847. The number of allylic oxidation sites excluding steroid dienone is 7. The summed E-state index contributed by atoms with van der Waals surface area (Å²) in [5.74, 6) is -0.0616. The van der Waals surface area contributed by atoms with Gasteiger partial charge in [0.1, 0.15) is 0 Å². The molecule has 0 saturated carbocycles. The van der Waals surface area contributed by atoms with Crippen molar-refractivity contribution in [3.05, 3.63) is 48.6 Å². The van der Waals surface area contributed by atoms with Gasteiger partial charge in [-0.05, 0) is 89.9 Å². The molecule has 3 N–H and O–H groups in total. The number of aliphatic hydroxyl groups excluding tert-OH is 2. The summed E-state index contributed by atoms with van der Waals surface area (Å²) in [4.78, 5) is 24.6. The van der Waals surface area contributed by atoms with Crippen LogP contribution < -0.4 is 5.32 Å². The van der Waals surface area contributed by atoms with Gasteiger partial charge in [-0.2, -0.15) is 0 Å². The lowest BCUT2D eigenvalue weighted by atomic mass is 10.0. The van der Waals surface area contributed by atoms with E-state index in [-0.39, 0.29) is 18.5 Å². The highest BCUT2D eigenvalue weighted by molar-refractivity contribution is 5.76. The predicted molar refractivity (Wildman–Crippen MR) is 356 cm³/mol. The zero-order valence-electron chi connectivity index (χ0n) is 54.5. The number of rotatable bonds is 68. The first-order valence-electron chi connectivity index (χ1n) is 36.4. The Morgan fingerprint density at radius 2 is 0.617 bits per heavy atom. The second-order valence-electron chi connectivity index (χ2n) is 24.9. The van der Waals surface area contributed by atoms with Crippen LogP contribution in [0.1, 0.15) is 393 Å². The Labute approximate surface area is 506 Å². The summed E-state index contributed by atoms with van der Waals surface area (Å²) in [6.07, 6.45) is 91.9. The molecular formula is C75H141NO5. The Kier molecular flexibility index (Phi) is 68.4. The molecule has 6 heteroatoms. The summed E-state index contributed by atoms with van der Waals surface area (Å²) in [5.41, 5.74) is 0. The highest BCUT2D eigenvalue weighted by Gasteiger charge is 2.18. The number of aliphatic hydroxyl groups is 2. The number of ether oxygens (including phenoxy) is 1. The van der Waals surface area contributed by atoms with Gasteiger partial charge in [-0.25, -0.2) is 0 Å². The topological polar surface area (TPSA) is 95.9 Å². The van der Waals surface area contributed by atoms with Crippen molar-refractivity contribution in [3.63, 3.8) is 0 Å². The quantitative estimate of drug-likeness (QED) is 0.0320. The van der Waals surface area contributed by atoms with Gasteiger partial charge in [0, 0.05) is 12.8 Å². The molecule has 0 saturated heterocycles. The summed E-state index contributed by atoms with van der Waals surface area (Å²) in [6.45, 7) is 4.93. The Morgan fingerprint density at radius 1 is 0.346 bits per heavy atom. The van der Waals surface area contributed by atoms with Gasteiger partial charge in [-0.3, -0.25) is 9.59 Å². The van der Waals surface area contributed by atoms with Crippen molar-refractivity contribution in [3.8, 4) is 0 Å². The van der Waals surface area contributed by atoms with Crippen LogP contribution in [-0.4, -0.2) is 47.4 Å². The van der Waals surface area contributed by atoms with Gasteiger partial charge < -0.3 is 20.3 Å². The third kappa shape index (κ3) is 66.8. The first-order valence-corrected chi connectivity index (χ1v) is 36.4. The van der Waals surface area contributed by atoms with Crippen LogP contribution in [0, 0.1) is 0 Å². The minimum Gasteiger partial charge on any atom is -0.466 e. The normalized spacial score (nSPS) is 12.8. The van der Waals surface area contributed by atoms with E-state index in [1.54, 1.807) is 6.08 Å². The van der Waals surface area contributed by atoms with E-state index in [4.69, 9.17) is 4.74 Å². The lowest BCUT2D eigenvalue weighted by molar-refractivity contribution is -0.143. The van der Waals surface area contributed by atoms with Crippen molar-refractivity contribution in [1.82, 2.24) is 5.32 Å². The molecule has 476 valence electrons. The van der Waals surface area contributed by atoms with Crippen LogP contribution >= 0.6 is 0 Å². The molecule has 0 rings (SSSR count). The van der Waals surface area contributed by atoms with Crippen molar-refractivity contribution in [2.75, 3.05) is 13.2 Å². The van der Waals surface area contributed by atoms with Crippen LogP contribution in [0.3, 0.4) is 0 Å². The monoisotopic (exact) mass is 1140 g/mol. The van der Waals surface area contributed by atoms with Gasteiger partial charge in [0.25, 0.3) is 0 Å². The first kappa shape index (κ1) is 78.8. The van der Waals surface area contributed by atoms with E-state index in [0.717, 1.165) is 51.4 Å². The predicted octanol–water partition coefficient (Wildman–Crippen LogP) is 23.6. The van der Waals surface area contributed by atoms with Crippen molar-refractivity contribution in [2.45, 2.75) is 405 Å². The molecule has 0 aromatic rings. The molecule has 0 fully saturated rings. The van der Waals surface area contributed by atoms with Gasteiger partial charge >= 0.3 is 5.97 Å². The van der Waals surface area contributed by atoms with Crippen molar-refractivity contribution in [2.24, 2.45) is 0 Å². The molecule has 1 amide bonds. The molecule has 2 unspecified atom stereocenters. The SMILES string of the molecule is CCCCCCCCC/C=C\CCCCCCCC(=O)OCCCCCCCCCCC/C=C\C/C=C\CCCCCCCCCCCCCCCC(=O)NC(CO)C(O)/C=C/CCCCCCCCCCCCCCCCCCC. The maximum Gasteiger partial charge on any atom is 0.305 e. The molecule has 0 heterocycles. The zero-order chi connectivity index (χ0) is 58.5. The molecule has 0 radical (unpaired) electrons. The maximum atomic E-state index is 12.5. The van der Waals surface area contributed by atoms with E-state index in [0.29, 0.717) is 19.4 Å². The number of amides is 1. The number of nitrogens with one attached hydrogen (secondary N) is 1. The second kappa shape index (κ2) is 70.3. The summed E-state index contributed by atoms with van der Waals surface area (Å²) in [7, 11) is 0. The molecular weight excluding hydrogens is 995 g/mol. The summed E-state index contributed by atoms with van der Waals surface area (Å²) in [6, 6.07) is -0.630. The molecule has 0 bridgehead atoms. The Bertz CT molecular complexity index is 1360. The van der Waals surface area contributed by atoms with E-state index in [1.807, 2.05) is 6.08 Å². The van der Waals surface area contributed by atoms with Crippen LogP contribution in [0.4, 0.5) is 0 Å². The average molecular weight is 1140 g/mol. The average Bonchev–Trinajstić information content (AvgIpc) is 3.47. The number of carbonyl (C=O) groups is 2. The molecule has 0 aromatic carbocycles. The minimum absolute atomic E-state index is 0.00455. The van der Waals surface area contributed by atoms with Gasteiger partial charge in [0.2, 0.25) is 5.91 Å². The standard InChI is InChI=1S/C75H141NO5/c1-3-5-7-9-11-13-15-17-19-21-33-36-39-43-47-51-55-59-63-67-73(78)72(71-77)76-74(79)68-64-60-56-52-48-44-40-37-34-31-29-27-25-23-22-24-26-28-30-32-35-38-42-46-50-54-58-62-66-70-81-75(80)69-65-61-57-53-49-45-41-20-18-16-14-12-10-8-6-4-2/h20,22,24,28,30,41,63,67,72-73,77-78H,3-19,21,23,25-27,29,31-40,42-62,64-66,68-71H2,1-2H3,(H,76,79)/b24-22-,30-28-,41-20-,67-63+. The molecule has 6 nitrogen and oxygen atoms in total. The Hall–Kier alpha value is -2.18. The van der Waals surface area contributed by atoms with Gasteiger partial charge in [0.15, 0.2) is 0 Å². The van der Waals surface area contributed by atoms with Crippen molar-refractivity contribution >= 4 is 11.9 Å². The van der Waals surface area contributed by atoms with Crippen LogP contribution in [-0.2, 0) is 14.3 Å². The van der Waals surface area contributed by atoms with Gasteiger partial charge in [-0.15, -0.1) is 0 Å². The molecule has 0 aliphatic carbocycles. The van der Waals surface area contributed by atoms with E-state index in [9.17, 15) is 19.8 Å². The van der Waals surface area contributed by atoms with E-state index in [2.05, 4.69) is 55.6 Å². The van der Waals surface area contributed by atoms with E-state index in [1.165, 1.54) is 315 Å². The Morgan fingerprint density at radius 3 is 0.951 bits per heavy atom. The lowest BCUT2D eigenvalue weighted by Crippen LogP contribution is -2.45. The van der Waals surface area contributed by atoms with Crippen LogP contribution in [0.15, 0.2) is 48.6 Å². The number of carbonyl (C=O) groups excluding carboxylic acids is 2. The highest BCUT2D eigenvalue weighted by atomic mass is 16.5. The van der Waals surface area contributed by atoms with E-state index >= 15 is 0 Å². The highest BCUT2D eigenvalue weighted by Crippen LogP contribution is 2.18. The second-order valence-corrected chi connectivity index (χ2v) is 24.9. The molecule has 0 aliphatic heterocycles. The fourth-order valence-electron chi connectivity index (χ4n) is 11.3. The number of esters is 1. The van der Waals surface area contributed by atoms with Gasteiger partial charge in [0.05, 0.1) is 25.4 Å². The van der Waals surface area contributed by atoms with E-state index < -0.39 is 12.1 Å². The van der Waals surface area contributed by atoms with Crippen molar-refractivity contribution in [1.29, 1.82) is 0 Å². The number of hydrogen-bond acceptors (Lipinski definition) is 5. The van der Waals surface area contributed by atoms with Crippen LogP contribution in [0.5, 0.6) is 0 Å². The molecule has 0 spiro atoms. The zero-order valence-corrected chi connectivity index (χ0v) is 54.5. The molecule has 0 aromatic heterocycles. The summed E-state index contributed by atoms with van der Waals surface area (Å²) < 4.78 is 5.49. The molecule has 0 aliphatic rings. The third-order valence-electron chi connectivity index (χ3n) is 16.8. The van der Waals surface area contributed by atoms with Crippen LogP contribution in [0.2, 0.25) is 0 Å². The van der Waals surface area contributed by atoms with Gasteiger partial charge in [-0.1, -0.05) is 339 Å². The Balaban J connectivity index is 3.43. The summed E-state index contributed by atoms with van der Waals surface area (Å²) in [5, 5.41) is 23.2. The third-order valence-corrected chi connectivity index (χ3v) is 16.8. The molecule has 2 atom stereocenters. The molecule has 81 heavy (non-hydrogen) atoms. The fraction of sp³-hybridized carbons (Fsp3) is 0.867. The van der Waals surface area contributed by atoms with Crippen LogP contribution in [0.25, 0.3) is 0 Å². The lowest BCUT2D eigenvalue weighted by Gasteiger charge is -2.20. The summed E-state index contributed by atoms with van der Waals surface area (Å²) >= 11 is 0. The first-order chi connectivity index (χ1) is 40.0. The fourth-order valence-corrected chi connectivity index (χ4v) is 11.3.